The highest BCUT2D eigenvalue weighted by molar-refractivity contribution is 5.79. The average molecular weight is 211 g/mol. The van der Waals surface area contributed by atoms with Crippen LogP contribution in [0.5, 0.6) is 0 Å². The van der Waals surface area contributed by atoms with Crippen LogP contribution < -0.4 is 5.32 Å². The van der Waals surface area contributed by atoms with Gasteiger partial charge >= 0.3 is 0 Å². The standard InChI is InChI=1S/C15H17N/c1-11-8-9-13(12(2)10-11)14-6-4-5-7-15(14)16-3/h4-10,16H,1-3H3. The minimum absolute atomic E-state index is 1.18. The number of aryl methyl sites for hydroxylation is 2. The molecule has 1 heteroatoms. The topological polar surface area (TPSA) is 12.0 Å². The molecule has 0 heterocycles. The molecule has 0 atom stereocenters. The fraction of sp³-hybridized carbons (Fsp3) is 0.200. The Morgan fingerprint density at radius 1 is 0.875 bits per heavy atom. The van der Waals surface area contributed by atoms with Crippen LogP contribution in [0, 0.1) is 13.8 Å². The third-order valence-corrected chi connectivity index (χ3v) is 2.87. The van der Waals surface area contributed by atoms with Crippen molar-refractivity contribution in [3.63, 3.8) is 0 Å². The Kier molecular flexibility index (Phi) is 2.95. The largest absolute Gasteiger partial charge is 0.388 e. The monoisotopic (exact) mass is 211 g/mol. The zero-order valence-electron chi connectivity index (χ0n) is 10.0. The van der Waals surface area contributed by atoms with Gasteiger partial charge in [0.05, 0.1) is 0 Å². The van der Waals surface area contributed by atoms with Crippen LogP contribution >= 0.6 is 0 Å². The lowest BCUT2D eigenvalue weighted by molar-refractivity contribution is 1.38. The number of hydrogen-bond acceptors (Lipinski definition) is 1. The van der Waals surface area contributed by atoms with E-state index in [1.54, 1.807) is 0 Å². The van der Waals surface area contributed by atoms with Crippen LogP contribution in [0.25, 0.3) is 11.1 Å². The van der Waals surface area contributed by atoms with Crippen LogP contribution in [0.3, 0.4) is 0 Å². The molecule has 0 aromatic heterocycles. The number of rotatable bonds is 2. The fourth-order valence-corrected chi connectivity index (χ4v) is 2.05. The Bertz CT molecular complexity index is 501. The van der Waals surface area contributed by atoms with Crippen LogP contribution in [-0.2, 0) is 0 Å². The molecular formula is C15H17N. The SMILES string of the molecule is CNc1ccccc1-c1ccc(C)cc1C. The van der Waals surface area contributed by atoms with Gasteiger partial charge in [0.25, 0.3) is 0 Å². The van der Waals surface area contributed by atoms with Crippen LogP contribution in [0.1, 0.15) is 11.1 Å². The summed E-state index contributed by atoms with van der Waals surface area (Å²) in [5.74, 6) is 0. The van der Waals surface area contributed by atoms with Crippen molar-refractivity contribution in [1.29, 1.82) is 0 Å². The van der Waals surface area contributed by atoms with Gasteiger partial charge in [-0.05, 0) is 31.0 Å². The fourth-order valence-electron chi connectivity index (χ4n) is 2.05. The number of benzene rings is 2. The molecule has 0 aliphatic carbocycles. The van der Waals surface area contributed by atoms with Gasteiger partial charge in [-0.25, -0.2) is 0 Å². The zero-order valence-corrected chi connectivity index (χ0v) is 10.0. The molecule has 0 saturated heterocycles. The van der Waals surface area contributed by atoms with Gasteiger partial charge in [-0.1, -0.05) is 42.0 Å². The van der Waals surface area contributed by atoms with Crippen molar-refractivity contribution >= 4 is 5.69 Å². The first kappa shape index (κ1) is 10.7. The molecule has 0 spiro atoms. The summed E-state index contributed by atoms with van der Waals surface area (Å²) >= 11 is 0. The maximum Gasteiger partial charge on any atom is 0.0417 e. The summed E-state index contributed by atoms with van der Waals surface area (Å²) in [6.45, 7) is 4.29. The molecule has 0 saturated carbocycles. The molecule has 1 N–H and O–H groups in total. The summed E-state index contributed by atoms with van der Waals surface area (Å²) in [7, 11) is 1.96. The molecule has 0 aliphatic rings. The van der Waals surface area contributed by atoms with Crippen molar-refractivity contribution in [2.75, 3.05) is 12.4 Å². The van der Waals surface area contributed by atoms with Gasteiger partial charge in [0, 0.05) is 18.3 Å². The van der Waals surface area contributed by atoms with Crippen molar-refractivity contribution in [3.05, 3.63) is 53.6 Å². The highest BCUT2D eigenvalue weighted by Gasteiger charge is 2.05. The Morgan fingerprint density at radius 2 is 1.62 bits per heavy atom. The van der Waals surface area contributed by atoms with E-state index in [-0.39, 0.29) is 0 Å². The molecule has 2 aromatic carbocycles. The third-order valence-electron chi connectivity index (χ3n) is 2.87. The van der Waals surface area contributed by atoms with E-state index in [9.17, 15) is 0 Å². The van der Waals surface area contributed by atoms with Crippen molar-refractivity contribution < 1.29 is 0 Å². The van der Waals surface area contributed by atoms with Crippen LogP contribution in [0.4, 0.5) is 5.69 Å². The van der Waals surface area contributed by atoms with Crippen LogP contribution in [0.15, 0.2) is 42.5 Å². The molecule has 1 nitrogen and oxygen atoms in total. The van der Waals surface area contributed by atoms with Gasteiger partial charge in [0.15, 0.2) is 0 Å². The summed E-state index contributed by atoms with van der Waals surface area (Å²) in [6.07, 6.45) is 0. The number of anilines is 1. The van der Waals surface area contributed by atoms with Gasteiger partial charge < -0.3 is 5.32 Å². The molecule has 16 heavy (non-hydrogen) atoms. The first-order valence-electron chi connectivity index (χ1n) is 5.57. The smallest absolute Gasteiger partial charge is 0.0417 e. The van der Waals surface area contributed by atoms with Gasteiger partial charge in [-0.2, -0.15) is 0 Å². The average Bonchev–Trinajstić information content (AvgIpc) is 2.29. The molecule has 0 unspecified atom stereocenters. The number of nitrogens with one attached hydrogen (secondary N) is 1. The van der Waals surface area contributed by atoms with Crippen molar-refractivity contribution in [1.82, 2.24) is 0 Å². The van der Waals surface area contributed by atoms with Crippen molar-refractivity contribution in [2.45, 2.75) is 13.8 Å². The predicted molar refractivity (Wildman–Crippen MR) is 70.9 cm³/mol. The van der Waals surface area contributed by atoms with Gasteiger partial charge in [0.2, 0.25) is 0 Å². The maximum atomic E-state index is 3.24. The van der Waals surface area contributed by atoms with Crippen LogP contribution in [0.2, 0.25) is 0 Å². The van der Waals surface area contributed by atoms with E-state index in [4.69, 9.17) is 0 Å². The number of para-hydroxylation sites is 1. The first-order chi connectivity index (χ1) is 7.72. The second-order valence-electron chi connectivity index (χ2n) is 4.11. The molecule has 0 fully saturated rings. The lowest BCUT2D eigenvalue weighted by atomic mass is 9.97. The third kappa shape index (κ3) is 1.94. The van der Waals surface area contributed by atoms with E-state index in [1.807, 2.05) is 7.05 Å². The molecule has 2 rings (SSSR count). The Balaban J connectivity index is 2.58. The highest BCUT2D eigenvalue weighted by atomic mass is 14.8. The maximum absolute atomic E-state index is 3.24. The molecule has 0 amide bonds. The summed E-state index contributed by atoms with van der Waals surface area (Å²) in [5.41, 5.74) is 6.37. The summed E-state index contributed by atoms with van der Waals surface area (Å²) < 4.78 is 0. The van der Waals surface area contributed by atoms with Gasteiger partial charge in [-0.3, -0.25) is 0 Å². The molecule has 82 valence electrons. The lowest BCUT2D eigenvalue weighted by Gasteiger charge is -2.12. The van der Waals surface area contributed by atoms with Crippen LogP contribution in [-0.4, -0.2) is 7.05 Å². The quantitative estimate of drug-likeness (QED) is 0.791. The van der Waals surface area contributed by atoms with Crippen molar-refractivity contribution in [3.8, 4) is 11.1 Å². The minimum atomic E-state index is 1.18. The molecule has 0 bridgehead atoms. The zero-order chi connectivity index (χ0) is 11.5. The molecule has 2 aromatic rings. The van der Waals surface area contributed by atoms with E-state index in [0.29, 0.717) is 0 Å². The van der Waals surface area contributed by atoms with Crippen molar-refractivity contribution in [2.24, 2.45) is 0 Å². The van der Waals surface area contributed by atoms with E-state index >= 15 is 0 Å². The van der Waals surface area contributed by atoms with E-state index in [1.165, 1.54) is 27.9 Å². The second kappa shape index (κ2) is 4.40. The van der Waals surface area contributed by atoms with Gasteiger partial charge in [0.1, 0.15) is 0 Å². The van der Waals surface area contributed by atoms with Gasteiger partial charge in [-0.15, -0.1) is 0 Å². The molecule has 0 radical (unpaired) electrons. The molecule has 0 aliphatic heterocycles. The Hall–Kier alpha value is -1.76. The minimum Gasteiger partial charge on any atom is -0.388 e. The summed E-state index contributed by atoms with van der Waals surface area (Å²) in [6, 6.07) is 15.0. The second-order valence-corrected chi connectivity index (χ2v) is 4.11. The highest BCUT2D eigenvalue weighted by Crippen LogP contribution is 2.30. The number of hydrogen-bond donors (Lipinski definition) is 1. The summed E-state index contributed by atoms with van der Waals surface area (Å²) in [5, 5.41) is 3.24. The molecular weight excluding hydrogens is 194 g/mol. The van der Waals surface area contributed by atoms with E-state index in [0.717, 1.165) is 0 Å². The van der Waals surface area contributed by atoms with E-state index in [2.05, 4.69) is 61.6 Å². The first-order valence-corrected chi connectivity index (χ1v) is 5.57. The Morgan fingerprint density at radius 3 is 2.31 bits per heavy atom. The normalized spacial score (nSPS) is 10.2. The predicted octanol–water partition coefficient (Wildman–Crippen LogP) is 4.01. The summed E-state index contributed by atoms with van der Waals surface area (Å²) in [4.78, 5) is 0. The lowest BCUT2D eigenvalue weighted by Crippen LogP contribution is -1.93. The Labute approximate surface area is 97.1 Å². The van der Waals surface area contributed by atoms with E-state index < -0.39 is 0 Å².